The molecule has 354 valence electrons. The number of benzene rings is 4. The third-order valence-corrected chi connectivity index (χ3v) is 9.72. The van der Waals surface area contributed by atoms with Gasteiger partial charge in [0, 0.05) is 62.7 Å². The quantitative estimate of drug-likeness (QED) is 0.0463. The zero-order valence-corrected chi connectivity index (χ0v) is 37.0. The van der Waals surface area contributed by atoms with Crippen LogP contribution in [0.3, 0.4) is 0 Å². The lowest BCUT2D eigenvalue weighted by atomic mass is 10.2. The molecule has 0 radical (unpaired) electrons. The van der Waals surface area contributed by atoms with Crippen molar-refractivity contribution in [3.8, 4) is 46.0 Å². The van der Waals surface area contributed by atoms with Crippen LogP contribution in [0.2, 0.25) is 0 Å². The van der Waals surface area contributed by atoms with Gasteiger partial charge in [0.15, 0.2) is 40.7 Å². The molecule has 0 saturated carbocycles. The molecule has 3 N–H and O–H groups in total. The highest BCUT2D eigenvalue weighted by Gasteiger charge is 2.14. The van der Waals surface area contributed by atoms with E-state index in [2.05, 4.69) is 19.7 Å². The number of aliphatic hydroxyl groups excluding tert-OH is 1. The van der Waals surface area contributed by atoms with Gasteiger partial charge in [-0.25, -0.2) is 19.3 Å². The summed E-state index contributed by atoms with van der Waals surface area (Å²) in [6.45, 7) is 17.4. The van der Waals surface area contributed by atoms with Crippen molar-refractivity contribution >= 4 is 11.4 Å². The fraction of sp³-hybridized carbons (Fsp3) is 0.306. The highest BCUT2D eigenvalue weighted by molar-refractivity contribution is 5.57. The molecule has 0 spiro atoms. The standard InChI is InChI=1S/C27H29N3O7.C22H21N3O6/c1-28-20-9-10-23(24(18-20)34-17-13-30-12-11-25(31)29-27(30)32)37-22-7-4-6-21(19-22)33-15-5-16-36-26-8-2-3-14-35-26;1-23-16-6-7-19(31-18-5-2-4-17(15-18)29-12-3-11-26)20(14-16)30-13-10-25-9-8-21(27)24-22(25)28/h4,6-7,9-12,18-19,26H,2-3,5,8,13-17H2,(H,29,31,32);2,4-9,14-15,26H,3,10-13H2,(H,24,27,28). The van der Waals surface area contributed by atoms with E-state index in [0.717, 1.165) is 32.3 Å². The fourth-order valence-electron chi connectivity index (χ4n) is 6.35. The molecule has 1 fully saturated rings. The average molecular weight is 931 g/mol. The van der Waals surface area contributed by atoms with Crippen molar-refractivity contribution in [3.63, 3.8) is 0 Å². The normalized spacial score (nSPS) is 12.9. The van der Waals surface area contributed by atoms with Crippen LogP contribution in [0.4, 0.5) is 11.4 Å². The van der Waals surface area contributed by atoms with Crippen molar-refractivity contribution in [3.05, 3.63) is 174 Å². The predicted octanol–water partition coefficient (Wildman–Crippen LogP) is 6.99. The molecule has 1 aliphatic rings. The first-order valence-electron chi connectivity index (χ1n) is 21.7. The van der Waals surface area contributed by atoms with E-state index in [1.54, 1.807) is 72.8 Å². The summed E-state index contributed by atoms with van der Waals surface area (Å²) in [5.74, 6) is 3.83. The number of aromatic nitrogens is 4. The monoisotopic (exact) mass is 930 g/mol. The second-order valence-electron chi connectivity index (χ2n) is 14.7. The lowest BCUT2D eigenvalue weighted by Crippen LogP contribution is -2.30. The Morgan fingerprint density at radius 2 is 1.10 bits per heavy atom. The predicted molar refractivity (Wildman–Crippen MR) is 249 cm³/mol. The molecule has 0 bridgehead atoms. The first-order valence-corrected chi connectivity index (χ1v) is 21.7. The Balaban J connectivity index is 0.000000228. The SMILES string of the molecule is [C-]#[N+]c1ccc(Oc2cccc(OCCCO)c2)c(OCCn2ccc(=O)[nH]c2=O)c1.[C-]#[N+]c1ccc(Oc2cccc(OCCCOC3CCCCO3)c2)c(OCCn2ccc(=O)[nH]c2=O)c1. The number of hydrogen-bond donors (Lipinski definition) is 3. The molecule has 2 aromatic heterocycles. The first-order chi connectivity index (χ1) is 33.2. The molecule has 4 aromatic carbocycles. The number of rotatable bonds is 22. The Bertz CT molecular complexity index is 2890. The molecule has 1 saturated heterocycles. The Labute approximate surface area is 390 Å². The van der Waals surface area contributed by atoms with Gasteiger partial charge in [0.1, 0.15) is 36.2 Å². The summed E-state index contributed by atoms with van der Waals surface area (Å²) in [5.41, 5.74) is -1.21. The van der Waals surface area contributed by atoms with Gasteiger partial charge in [-0.2, -0.15) is 0 Å². The number of aromatic amines is 2. The summed E-state index contributed by atoms with van der Waals surface area (Å²) in [6, 6.07) is 26.5. The van der Waals surface area contributed by atoms with Crippen molar-refractivity contribution in [1.82, 2.24) is 19.1 Å². The van der Waals surface area contributed by atoms with Crippen LogP contribution in [0.25, 0.3) is 9.69 Å². The number of nitrogens with one attached hydrogen (secondary N) is 2. The lowest BCUT2D eigenvalue weighted by molar-refractivity contribution is -0.163. The zero-order chi connectivity index (χ0) is 47.9. The van der Waals surface area contributed by atoms with Crippen molar-refractivity contribution in [2.75, 3.05) is 46.2 Å². The molecule has 6 aromatic rings. The Kier molecular flexibility index (Phi) is 19.0. The van der Waals surface area contributed by atoms with Crippen LogP contribution in [0.1, 0.15) is 32.1 Å². The fourth-order valence-corrected chi connectivity index (χ4v) is 6.35. The third-order valence-electron chi connectivity index (χ3n) is 9.72. The maximum Gasteiger partial charge on any atom is 0.328 e. The van der Waals surface area contributed by atoms with Gasteiger partial charge >= 0.3 is 11.4 Å². The second-order valence-corrected chi connectivity index (χ2v) is 14.7. The van der Waals surface area contributed by atoms with Gasteiger partial charge in [0.25, 0.3) is 11.1 Å². The Morgan fingerprint density at radius 3 is 1.57 bits per heavy atom. The van der Waals surface area contributed by atoms with E-state index >= 15 is 0 Å². The number of aliphatic hydroxyl groups is 1. The molecular weight excluding hydrogens is 881 g/mol. The van der Waals surface area contributed by atoms with E-state index in [1.807, 2.05) is 12.1 Å². The maximum atomic E-state index is 11.9. The summed E-state index contributed by atoms with van der Waals surface area (Å²) in [4.78, 5) is 57.3. The van der Waals surface area contributed by atoms with E-state index in [4.69, 9.17) is 56.1 Å². The van der Waals surface area contributed by atoms with Gasteiger partial charge in [-0.3, -0.25) is 28.7 Å². The van der Waals surface area contributed by atoms with Crippen LogP contribution < -0.4 is 50.9 Å². The highest BCUT2D eigenvalue weighted by atomic mass is 16.7. The van der Waals surface area contributed by atoms with Crippen molar-refractivity contribution in [2.45, 2.75) is 51.5 Å². The molecular formula is C49H50N6O13. The molecule has 1 aliphatic heterocycles. The van der Waals surface area contributed by atoms with E-state index in [-0.39, 0.29) is 39.2 Å². The maximum absolute atomic E-state index is 11.9. The third kappa shape index (κ3) is 15.8. The number of nitrogens with zero attached hydrogens (tertiary/aromatic N) is 4. The Morgan fingerprint density at radius 1 is 0.588 bits per heavy atom. The smallest absolute Gasteiger partial charge is 0.328 e. The molecule has 0 amide bonds. The largest absolute Gasteiger partial charge is 0.493 e. The molecule has 19 heteroatoms. The van der Waals surface area contributed by atoms with Crippen molar-refractivity contribution in [1.29, 1.82) is 0 Å². The minimum Gasteiger partial charge on any atom is -0.493 e. The Hall–Kier alpha value is -8.10. The minimum absolute atomic E-state index is 0.0511. The zero-order valence-electron chi connectivity index (χ0n) is 37.0. The van der Waals surface area contributed by atoms with Gasteiger partial charge < -0.3 is 43.0 Å². The van der Waals surface area contributed by atoms with Crippen molar-refractivity contribution < 1.29 is 43.0 Å². The van der Waals surface area contributed by atoms with Crippen LogP contribution in [0.5, 0.6) is 46.0 Å². The van der Waals surface area contributed by atoms with Gasteiger partial charge in [-0.05, 0) is 67.8 Å². The summed E-state index contributed by atoms with van der Waals surface area (Å²) in [6.07, 6.45) is 7.12. The van der Waals surface area contributed by atoms with Crippen molar-refractivity contribution in [2.24, 2.45) is 0 Å². The minimum atomic E-state index is -0.527. The molecule has 3 heterocycles. The molecule has 19 nitrogen and oxygen atoms in total. The molecule has 68 heavy (non-hydrogen) atoms. The summed E-state index contributed by atoms with van der Waals surface area (Å²) in [5, 5.41) is 8.86. The van der Waals surface area contributed by atoms with Gasteiger partial charge in [0.2, 0.25) is 0 Å². The molecule has 1 unspecified atom stereocenters. The van der Waals surface area contributed by atoms with Crippen LogP contribution in [0.15, 0.2) is 129 Å². The number of H-pyrrole nitrogens is 2. The molecule has 7 rings (SSSR count). The van der Waals surface area contributed by atoms with Crippen LogP contribution >= 0.6 is 0 Å². The van der Waals surface area contributed by atoms with E-state index < -0.39 is 22.5 Å². The summed E-state index contributed by atoms with van der Waals surface area (Å²) >= 11 is 0. The summed E-state index contributed by atoms with van der Waals surface area (Å²) in [7, 11) is 0. The average Bonchev–Trinajstić information content (AvgIpc) is 3.34. The molecule has 1 atom stereocenters. The summed E-state index contributed by atoms with van der Waals surface area (Å²) < 4.78 is 48.9. The van der Waals surface area contributed by atoms with Gasteiger partial charge in [0.05, 0.1) is 46.1 Å². The number of ether oxygens (including phenoxy) is 8. The second kappa shape index (κ2) is 26.1. The van der Waals surface area contributed by atoms with Gasteiger partial charge in [-0.15, -0.1) is 0 Å². The van der Waals surface area contributed by atoms with E-state index in [1.165, 1.54) is 33.7 Å². The first kappa shape index (κ1) is 49.3. The molecule has 0 aliphatic carbocycles. The lowest BCUT2D eigenvalue weighted by Gasteiger charge is -2.22. The van der Waals surface area contributed by atoms with Gasteiger partial charge in [-0.1, -0.05) is 24.3 Å². The van der Waals surface area contributed by atoms with Crippen LogP contribution in [0, 0.1) is 13.1 Å². The van der Waals surface area contributed by atoms with Crippen LogP contribution in [-0.4, -0.2) is 76.7 Å². The number of hydrogen-bond acceptors (Lipinski definition) is 13. The topological polar surface area (TPSA) is 213 Å². The van der Waals surface area contributed by atoms with E-state index in [9.17, 15) is 19.2 Å². The highest BCUT2D eigenvalue weighted by Crippen LogP contribution is 2.37. The van der Waals surface area contributed by atoms with E-state index in [0.29, 0.717) is 83.6 Å². The van der Waals surface area contributed by atoms with Crippen LogP contribution in [-0.2, 0) is 22.6 Å².